The van der Waals surface area contributed by atoms with Gasteiger partial charge in [0.05, 0.1) is 12.1 Å². The highest BCUT2D eigenvalue weighted by molar-refractivity contribution is 5.79. The first-order chi connectivity index (χ1) is 6.74. The normalized spacial score (nSPS) is 32.5. The van der Waals surface area contributed by atoms with Crippen molar-refractivity contribution in [1.82, 2.24) is 4.90 Å². The van der Waals surface area contributed by atoms with Gasteiger partial charge < -0.3 is 10.0 Å². The smallest absolute Gasteiger partial charge is 0.223 e. The fraction of sp³-hybridized carbons (Fsp3) is 0.636. The molecule has 2 rings (SSSR count). The summed E-state index contributed by atoms with van der Waals surface area (Å²) in [5.74, 6) is 0.205. The van der Waals surface area contributed by atoms with Crippen LogP contribution in [0.25, 0.3) is 0 Å². The van der Waals surface area contributed by atoms with Gasteiger partial charge in [0.15, 0.2) is 0 Å². The Morgan fingerprint density at radius 1 is 1.50 bits per heavy atom. The van der Waals surface area contributed by atoms with Gasteiger partial charge in [0.25, 0.3) is 0 Å². The van der Waals surface area contributed by atoms with Crippen LogP contribution in [0, 0.1) is 0 Å². The Morgan fingerprint density at radius 3 is 3.00 bits per heavy atom. The second-order valence-corrected chi connectivity index (χ2v) is 3.93. The van der Waals surface area contributed by atoms with E-state index in [-0.39, 0.29) is 11.9 Å². The number of aliphatic hydroxyl groups is 1. The first-order valence-corrected chi connectivity index (χ1v) is 5.11. The number of rotatable bonds is 0. The number of aliphatic hydroxyl groups excluding tert-OH is 1. The van der Waals surface area contributed by atoms with E-state index >= 15 is 0 Å². The molecule has 0 aromatic carbocycles. The summed E-state index contributed by atoms with van der Waals surface area (Å²) in [6, 6.07) is 0.0671. The standard InChI is InChI=1S/C11H15NO2/c1-2-8-9-5-6-11(14)12(9)7-3-4-10(8)13/h9-10,13H,1,3-7H2/t9-,10+/m0/s1. The molecule has 14 heavy (non-hydrogen) atoms. The third kappa shape index (κ3) is 1.39. The molecule has 2 aliphatic heterocycles. The van der Waals surface area contributed by atoms with Gasteiger partial charge in [-0.05, 0) is 19.3 Å². The number of amides is 1. The van der Waals surface area contributed by atoms with Crippen LogP contribution >= 0.6 is 0 Å². The van der Waals surface area contributed by atoms with Crippen molar-refractivity contribution in [2.24, 2.45) is 0 Å². The summed E-state index contributed by atoms with van der Waals surface area (Å²) < 4.78 is 0. The minimum atomic E-state index is -0.451. The molecule has 0 aliphatic carbocycles. The molecule has 0 spiro atoms. The average molecular weight is 193 g/mol. The van der Waals surface area contributed by atoms with Crippen molar-refractivity contribution in [1.29, 1.82) is 0 Å². The number of carbonyl (C=O) groups excluding carboxylic acids is 1. The number of hydrogen-bond acceptors (Lipinski definition) is 2. The fourth-order valence-corrected chi connectivity index (χ4v) is 2.41. The molecule has 0 bridgehead atoms. The SMILES string of the molecule is C=C=C1[C@H](O)CCCN2C(=O)CC[C@@H]12. The molecular formula is C11H15NO2. The van der Waals surface area contributed by atoms with E-state index in [4.69, 9.17) is 0 Å². The van der Waals surface area contributed by atoms with E-state index in [1.807, 2.05) is 4.90 Å². The number of carbonyl (C=O) groups is 1. The minimum Gasteiger partial charge on any atom is -0.388 e. The molecule has 2 aliphatic rings. The first kappa shape index (κ1) is 9.50. The second kappa shape index (κ2) is 3.60. The molecule has 0 unspecified atom stereocenters. The highest BCUT2D eigenvalue weighted by Gasteiger charge is 2.37. The van der Waals surface area contributed by atoms with Gasteiger partial charge in [0, 0.05) is 18.5 Å². The van der Waals surface area contributed by atoms with Gasteiger partial charge in [-0.25, -0.2) is 0 Å². The van der Waals surface area contributed by atoms with Gasteiger partial charge in [-0.2, -0.15) is 0 Å². The highest BCUT2D eigenvalue weighted by Crippen LogP contribution is 2.30. The highest BCUT2D eigenvalue weighted by atomic mass is 16.3. The van der Waals surface area contributed by atoms with E-state index in [9.17, 15) is 9.90 Å². The lowest BCUT2D eigenvalue weighted by atomic mass is 9.99. The van der Waals surface area contributed by atoms with Crippen molar-refractivity contribution >= 4 is 5.91 Å². The van der Waals surface area contributed by atoms with Crippen molar-refractivity contribution in [3.8, 4) is 0 Å². The molecule has 0 aromatic heterocycles. The van der Waals surface area contributed by atoms with Crippen LogP contribution in [0.1, 0.15) is 25.7 Å². The van der Waals surface area contributed by atoms with Crippen LogP contribution in [0.4, 0.5) is 0 Å². The van der Waals surface area contributed by atoms with Crippen LogP contribution in [0.2, 0.25) is 0 Å². The van der Waals surface area contributed by atoms with Crippen LogP contribution < -0.4 is 0 Å². The largest absolute Gasteiger partial charge is 0.388 e. The van der Waals surface area contributed by atoms with Gasteiger partial charge >= 0.3 is 0 Å². The quantitative estimate of drug-likeness (QED) is 0.579. The Hall–Kier alpha value is -1.05. The molecular weight excluding hydrogens is 178 g/mol. The van der Waals surface area contributed by atoms with E-state index in [1.54, 1.807) is 0 Å². The van der Waals surface area contributed by atoms with Crippen molar-refractivity contribution in [2.45, 2.75) is 37.8 Å². The molecule has 0 saturated carbocycles. The minimum absolute atomic E-state index is 0.0671. The Bertz CT molecular complexity index is 304. The van der Waals surface area contributed by atoms with E-state index in [0.717, 1.165) is 31.4 Å². The van der Waals surface area contributed by atoms with Crippen LogP contribution in [-0.4, -0.2) is 34.6 Å². The summed E-state index contributed by atoms with van der Waals surface area (Å²) in [4.78, 5) is 13.4. The van der Waals surface area contributed by atoms with Crippen LogP contribution in [0.15, 0.2) is 17.9 Å². The zero-order chi connectivity index (χ0) is 10.1. The monoisotopic (exact) mass is 193 g/mol. The van der Waals surface area contributed by atoms with E-state index in [0.29, 0.717) is 6.42 Å². The first-order valence-electron chi connectivity index (χ1n) is 5.11. The lowest BCUT2D eigenvalue weighted by Gasteiger charge is -2.23. The molecule has 0 radical (unpaired) electrons. The number of nitrogens with zero attached hydrogens (tertiary/aromatic N) is 1. The van der Waals surface area contributed by atoms with Crippen LogP contribution in [-0.2, 0) is 4.79 Å². The molecule has 2 fully saturated rings. The molecule has 2 atom stereocenters. The molecule has 0 aromatic rings. The average Bonchev–Trinajstić information content (AvgIpc) is 2.45. The van der Waals surface area contributed by atoms with Gasteiger partial charge in [-0.1, -0.05) is 6.58 Å². The fourth-order valence-electron chi connectivity index (χ4n) is 2.41. The third-order valence-electron chi connectivity index (χ3n) is 3.13. The van der Waals surface area contributed by atoms with Crippen molar-refractivity contribution in [3.05, 3.63) is 17.9 Å². The Morgan fingerprint density at radius 2 is 2.29 bits per heavy atom. The van der Waals surface area contributed by atoms with E-state index in [2.05, 4.69) is 12.3 Å². The maximum atomic E-state index is 11.5. The predicted octanol–water partition coefficient (Wildman–Crippen LogP) is 0.843. The van der Waals surface area contributed by atoms with Gasteiger partial charge in [-0.15, -0.1) is 5.73 Å². The summed E-state index contributed by atoms with van der Waals surface area (Å²) >= 11 is 0. The van der Waals surface area contributed by atoms with Crippen LogP contribution in [0.5, 0.6) is 0 Å². The Balaban J connectivity index is 2.31. The Kier molecular flexibility index (Phi) is 2.44. The summed E-state index contributed by atoms with van der Waals surface area (Å²) in [6.07, 6.45) is 2.55. The van der Waals surface area contributed by atoms with Gasteiger partial charge in [-0.3, -0.25) is 4.79 Å². The zero-order valence-corrected chi connectivity index (χ0v) is 8.20. The molecule has 76 valence electrons. The lowest BCUT2D eigenvalue weighted by Crippen LogP contribution is -2.34. The molecule has 3 heteroatoms. The third-order valence-corrected chi connectivity index (χ3v) is 3.13. The summed E-state index contributed by atoms with van der Waals surface area (Å²) in [7, 11) is 0. The topological polar surface area (TPSA) is 40.5 Å². The molecule has 3 nitrogen and oxygen atoms in total. The molecule has 1 N–H and O–H groups in total. The summed E-state index contributed by atoms with van der Waals surface area (Å²) in [5.41, 5.74) is 3.62. The van der Waals surface area contributed by atoms with Gasteiger partial charge in [0.1, 0.15) is 0 Å². The van der Waals surface area contributed by atoms with Crippen molar-refractivity contribution < 1.29 is 9.90 Å². The molecule has 2 saturated heterocycles. The molecule has 2 heterocycles. The van der Waals surface area contributed by atoms with Crippen molar-refractivity contribution in [2.75, 3.05) is 6.54 Å². The predicted molar refractivity (Wildman–Crippen MR) is 52.6 cm³/mol. The lowest BCUT2D eigenvalue weighted by molar-refractivity contribution is -0.128. The summed E-state index contributed by atoms with van der Waals surface area (Å²) in [6.45, 7) is 4.37. The summed E-state index contributed by atoms with van der Waals surface area (Å²) in [5, 5.41) is 9.80. The number of fused-ring (bicyclic) bond motifs is 1. The molecule has 1 amide bonds. The second-order valence-electron chi connectivity index (χ2n) is 3.93. The van der Waals surface area contributed by atoms with Crippen LogP contribution in [0.3, 0.4) is 0 Å². The Labute approximate surface area is 83.7 Å². The zero-order valence-electron chi connectivity index (χ0n) is 8.20. The van der Waals surface area contributed by atoms with Crippen molar-refractivity contribution in [3.63, 3.8) is 0 Å². The van der Waals surface area contributed by atoms with E-state index < -0.39 is 6.10 Å². The maximum Gasteiger partial charge on any atom is 0.223 e. The maximum absolute atomic E-state index is 11.5. The number of hydrogen-bond donors (Lipinski definition) is 1. The van der Waals surface area contributed by atoms with E-state index in [1.165, 1.54) is 0 Å². The van der Waals surface area contributed by atoms with Gasteiger partial charge in [0.2, 0.25) is 5.91 Å².